The van der Waals surface area contributed by atoms with Crippen LogP contribution in [0.25, 0.3) is 0 Å². The third-order valence-corrected chi connectivity index (χ3v) is 7.18. The second-order valence-corrected chi connectivity index (χ2v) is 10.0. The number of benzene rings is 1. The Morgan fingerprint density at radius 3 is 2.48 bits per heavy atom. The maximum absolute atomic E-state index is 12.8. The normalized spacial score (nSPS) is 16.1. The van der Waals surface area contributed by atoms with Crippen LogP contribution < -0.4 is 15.4 Å². The number of urea groups is 1. The van der Waals surface area contributed by atoms with Crippen LogP contribution >= 0.6 is 11.3 Å². The van der Waals surface area contributed by atoms with Gasteiger partial charge in [0.1, 0.15) is 0 Å². The van der Waals surface area contributed by atoms with Crippen molar-refractivity contribution < 1.29 is 18.0 Å². The molecule has 1 aliphatic heterocycles. The first-order valence-electron chi connectivity index (χ1n) is 10.2. The largest absolute Gasteiger partial charge is 0.326 e. The lowest BCUT2D eigenvalue weighted by Gasteiger charge is -2.31. The van der Waals surface area contributed by atoms with E-state index in [-0.39, 0.29) is 28.7 Å². The van der Waals surface area contributed by atoms with Gasteiger partial charge in [-0.15, -0.1) is 11.3 Å². The van der Waals surface area contributed by atoms with Crippen LogP contribution in [0.5, 0.6) is 0 Å². The number of aromatic nitrogens is 2. The first-order chi connectivity index (χ1) is 15.9. The summed E-state index contributed by atoms with van der Waals surface area (Å²) in [6.07, 6.45) is 4.26. The van der Waals surface area contributed by atoms with Crippen molar-refractivity contribution in [1.29, 1.82) is 0 Å². The molecule has 0 radical (unpaired) electrons. The summed E-state index contributed by atoms with van der Waals surface area (Å²) >= 11 is 1.44. The molecule has 1 unspecified atom stereocenters. The zero-order chi connectivity index (χ0) is 23.3. The van der Waals surface area contributed by atoms with E-state index in [0.717, 1.165) is 11.4 Å². The van der Waals surface area contributed by atoms with E-state index >= 15 is 0 Å². The Morgan fingerprint density at radius 1 is 1.03 bits per heavy atom. The highest BCUT2D eigenvalue weighted by Crippen LogP contribution is 2.22. The molecular formula is C21H22N6O4S2. The summed E-state index contributed by atoms with van der Waals surface area (Å²) in [5, 5.41) is 8.29. The number of likely N-dealkylation sites (tertiary alicyclic amines) is 1. The molecule has 3 amide bonds. The average Bonchev–Trinajstić information content (AvgIpc) is 3.33. The Hall–Kier alpha value is -3.51. The van der Waals surface area contributed by atoms with Crippen LogP contribution in [0, 0.1) is 5.92 Å². The van der Waals surface area contributed by atoms with E-state index < -0.39 is 10.0 Å². The van der Waals surface area contributed by atoms with Gasteiger partial charge in [-0.05, 0) is 60.7 Å². The fraction of sp³-hybridized carbons (Fsp3) is 0.238. The van der Waals surface area contributed by atoms with Crippen molar-refractivity contribution in [1.82, 2.24) is 14.9 Å². The molecule has 3 aromatic rings. The van der Waals surface area contributed by atoms with E-state index in [1.54, 1.807) is 11.0 Å². The van der Waals surface area contributed by atoms with Crippen molar-refractivity contribution in [3.8, 4) is 0 Å². The first kappa shape index (κ1) is 22.7. The van der Waals surface area contributed by atoms with E-state index in [9.17, 15) is 18.0 Å². The second-order valence-electron chi connectivity index (χ2n) is 7.38. The number of nitrogens with one attached hydrogen (secondary N) is 3. The number of carbonyl (C=O) groups excluding carboxylic acids is 2. The molecule has 3 heterocycles. The van der Waals surface area contributed by atoms with Crippen LogP contribution in [-0.2, 0) is 14.8 Å². The van der Waals surface area contributed by atoms with Gasteiger partial charge < -0.3 is 10.2 Å². The smallest absolute Gasteiger partial charge is 0.322 e. The van der Waals surface area contributed by atoms with Gasteiger partial charge in [-0.25, -0.2) is 27.9 Å². The van der Waals surface area contributed by atoms with E-state index in [1.165, 1.54) is 48.0 Å². The number of hydrogen-bond acceptors (Lipinski definition) is 7. The molecule has 0 saturated carbocycles. The Balaban J connectivity index is 1.34. The summed E-state index contributed by atoms with van der Waals surface area (Å²) < 4.78 is 27.2. The van der Waals surface area contributed by atoms with Gasteiger partial charge >= 0.3 is 6.03 Å². The van der Waals surface area contributed by atoms with Crippen LogP contribution in [0.15, 0.2) is 65.1 Å². The van der Waals surface area contributed by atoms with E-state index in [0.29, 0.717) is 25.2 Å². The van der Waals surface area contributed by atoms with Gasteiger partial charge in [-0.3, -0.25) is 10.1 Å². The van der Waals surface area contributed by atoms with Crippen LogP contribution in [0.3, 0.4) is 0 Å². The van der Waals surface area contributed by atoms with Gasteiger partial charge in [-0.2, -0.15) is 0 Å². The lowest BCUT2D eigenvalue weighted by molar-refractivity contribution is -0.121. The summed E-state index contributed by atoms with van der Waals surface area (Å²) in [5.74, 6) is -0.594. The number of nitrogens with zero attached hydrogens (tertiary/aromatic N) is 3. The Labute approximate surface area is 195 Å². The number of piperidine rings is 1. The molecule has 12 heteroatoms. The number of hydrogen-bond donors (Lipinski definition) is 3. The van der Waals surface area contributed by atoms with Gasteiger partial charge in [0.25, 0.3) is 10.0 Å². The Bertz CT molecular complexity index is 1200. The molecule has 0 spiro atoms. The third kappa shape index (κ3) is 5.84. The topological polar surface area (TPSA) is 133 Å². The summed E-state index contributed by atoms with van der Waals surface area (Å²) in [5.41, 5.74) is 0.468. The number of carbonyl (C=O) groups is 2. The van der Waals surface area contributed by atoms with Crippen molar-refractivity contribution in [2.45, 2.75) is 17.7 Å². The molecule has 172 valence electrons. The molecule has 10 nitrogen and oxygen atoms in total. The van der Waals surface area contributed by atoms with Gasteiger partial charge in [0.05, 0.1) is 15.8 Å². The zero-order valence-electron chi connectivity index (χ0n) is 17.5. The van der Waals surface area contributed by atoms with Crippen molar-refractivity contribution >= 4 is 49.9 Å². The van der Waals surface area contributed by atoms with Crippen molar-refractivity contribution in [3.05, 3.63) is 60.2 Å². The predicted octanol–water partition coefficient (Wildman–Crippen LogP) is 3.22. The SMILES string of the molecule is O=C(Nc1ccc(S(=O)(=O)Nc2ncccn2)cc1)C1CCCN(C(=O)Nc2cccs2)C1. The maximum atomic E-state index is 12.8. The third-order valence-electron chi connectivity index (χ3n) is 5.05. The molecular weight excluding hydrogens is 464 g/mol. The molecule has 1 saturated heterocycles. The molecule has 1 aromatic carbocycles. The van der Waals surface area contributed by atoms with Crippen LogP contribution in [0.4, 0.5) is 21.4 Å². The maximum Gasteiger partial charge on any atom is 0.322 e. The minimum absolute atomic E-state index is 0.0158. The molecule has 2 aromatic heterocycles. The van der Waals surface area contributed by atoms with E-state index in [1.807, 2.05) is 17.5 Å². The first-order valence-corrected chi connectivity index (χ1v) is 12.6. The molecule has 1 atom stereocenters. The molecule has 3 N–H and O–H groups in total. The minimum Gasteiger partial charge on any atom is -0.326 e. The van der Waals surface area contributed by atoms with Gasteiger partial charge in [-0.1, -0.05) is 0 Å². The minimum atomic E-state index is -3.86. The van der Waals surface area contributed by atoms with E-state index in [2.05, 4.69) is 25.3 Å². The molecule has 0 bridgehead atoms. The number of anilines is 3. The highest BCUT2D eigenvalue weighted by Gasteiger charge is 2.28. The lowest BCUT2D eigenvalue weighted by Crippen LogP contribution is -2.45. The quantitative estimate of drug-likeness (QED) is 0.490. The van der Waals surface area contributed by atoms with E-state index in [4.69, 9.17) is 0 Å². The van der Waals surface area contributed by atoms with Crippen molar-refractivity contribution in [2.75, 3.05) is 28.4 Å². The summed E-state index contributed by atoms with van der Waals surface area (Å²) in [6.45, 7) is 0.905. The van der Waals surface area contributed by atoms with Gasteiger partial charge in [0.2, 0.25) is 11.9 Å². The van der Waals surface area contributed by atoms with Crippen LogP contribution in [0.1, 0.15) is 12.8 Å². The number of sulfonamides is 1. The Morgan fingerprint density at radius 2 is 1.79 bits per heavy atom. The number of amides is 3. The molecule has 1 fully saturated rings. The fourth-order valence-corrected chi connectivity index (χ4v) is 4.97. The van der Waals surface area contributed by atoms with Gasteiger partial charge in [0, 0.05) is 31.2 Å². The predicted molar refractivity (Wildman–Crippen MR) is 126 cm³/mol. The highest BCUT2D eigenvalue weighted by atomic mass is 32.2. The number of rotatable bonds is 6. The van der Waals surface area contributed by atoms with Crippen molar-refractivity contribution in [3.63, 3.8) is 0 Å². The van der Waals surface area contributed by atoms with Gasteiger partial charge in [0.15, 0.2) is 0 Å². The lowest BCUT2D eigenvalue weighted by atomic mass is 9.97. The fourth-order valence-electron chi connectivity index (χ4n) is 3.40. The average molecular weight is 487 g/mol. The Kier molecular flexibility index (Phi) is 6.84. The molecule has 0 aliphatic carbocycles. The molecule has 33 heavy (non-hydrogen) atoms. The summed E-state index contributed by atoms with van der Waals surface area (Å²) in [6, 6.07) is 10.9. The molecule has 4 rings (SSSR count). The van der Waals surface area contributed by atoms with Crippen LogP contribution in [-0.4, -0.2) is 48.3 Å². The summed E-state index contributed by atoms with van der Waals surface area (Å²) in [7, 11) is -3.86. The molecule has 1 aliphatic rings. The zero-order valence-corrected chi connectivity index (χ0v) is 19.1. The second kappa shape index (κ2) is 9.96. The number of thiophene rings is 1. The standard InChI is InChI=1S/C21H22N6O4S2/c28-19(15-4-1-12-27(14-15)21(29)25-18-5-2-13-32-18)24-16-6-8-17(9-7-16)33(30,31)26-20-22-10-3-11-23-20/h2-3,5-11,13,15H,1,4,12,14H2,(H,24,28)(H,25,29)(H,22,23,26). The monoisotopic (exact) mass is 486 g/mol. The summed E-state index contributed by atoms with van der Waals surface area (Å²) in [4.78, 5) is 34.6. The van der Waals surface area contributed by atoms with Crippen molar-refractivity contribution in [2.24, 2.45) is 5.92 Å². The van der Waals surface area contributed by atoms with Crippen LogP contribution in [0.2, 0.25) is 0 Å². The highest BCUT2D eigenvalue weighted by molar-refractivity contribution is 7.92.